The highest BCUT2D eigenvalue weighted by atomic mass is 15.2. The molecule has 0 spiro atoms. The van der Waals surface area contributed by atoms with Crippen LogP contribution in [0.4, 0.5) is 0 Å². The fourth-order valence-electron chi connectivity index (χ4n) is 9.13. The van der Waals surface area contributed by atoms with Crippen molar-refractivity contribution < 1.29 is 0 Å². The van der Waals surface area contributed by atoms with Gasteiger partial charge in [0.05, 0.1) is 0 Å². The van der Waals surface area contributed by atoms with Gasteiger partial charge in [-0.2, -0.15) is 0 Å². The third-order valence-electron chi connectivity index (χ3n) is 10.4. The molecule has 0 N–H and O–H groups in total. The highest BCUT2D eigenvalue weighted by Crippen LogP contribution is 2.54. The van der Waals surface area contributed by atoms with Crippen LogP contribution in [-0.2, 0) is 0 Å². The van der Waals surface area contributed by atoms with E-state index in [0.717, 1.165) is 41.4 Å². The van der Waals surface area contributed by atoms with Crippen molar-refractivity contribution >= 4 is 14.6 Å². The van der Waals surface area contributed by atoms with Gasteiger partial charge < -0.3 is 0 Å². The van der Waals surface area contributed by atoms with Crippen molar-refractivity contribution in [2.24, 2.45) is 0 Å². The Labute approximate surface area is 189 Å². The van der Waals surface area contributed by atoms with E-state index >= 15 is 0 Å². The molecule has 1 nitrogen and oxygen atoms in total. The maximum Gasteiger partial charge on any atom is 0.131 e. The van der Waals surface area contributed by atoms with Gasteiger partial charge in [0, 0.05) is 18.1 Å². The summed E-state index contributed by atoms with van der Waals surface area (Å²) in [6.07, 6.45) is 30.7. The van der Waals surface area contributed by atoms with E-state index in [4.69, 9.17) is 0 Å². The average molecular weight is 409 g/mol. The van der Waals surface area contributed by atoms with E-state index in [1.54, 1.807) is 53.1 Å². The molecule has 0 aromatic rings. The molecule has 3 heteroatoms. The van der Waals surface area contributed by atoms with Gasteiger partial charge in [-0.1, -0.05) is 139 Å². The van der Waals surface area contributed by atoms with Gasteiger partial charge in [-0.25, -0.2) is 0 Å². The molecule has 168 valence electrons. The Morgan fingerprint density at radius 1 is 0.367 bits per heavy atom. The molecule has 3 aliphatic carbocycles. The van der Waals surface area contributed by atoms with E-state index in [-0.39, 0.29) is 0 Å². The number of nitrogens with zero attached hydrogens (tertiary/aromatic N) is 1. The van der Waals surface area contributed by atoms with Crippen molar-refractivity contribution in [3.8, 4) is 0 Å². The summed E-state index contributed by atoms with van der Waals surface area (Å²) in [5, 5.41) is 0. The number of hydrogen-bond donors (Lipinski definition) is 0. The van der Waals surface area contributed by atoms with Gasteiger partial charge in [-0.3, -0.25) is 4.90 Å². The molecule has 5 fully saturated rings. The summed E-state index contributed by atoms with van der Waals surface area (Å²) < 4.78 is 0. The zero-order valence-corrected chi connectivity index (χ0v) is 20.0. The Bertz CT molecular complexity index is 481. The Balaban J connectivity index is 1.48. The first kappa shape index (κ1) is 21.9. The molecule has 0 radical (unpaired) electrons. The van der Waals surface area contributed by atoms with Crippen LogP contribution < -0.4 is 0 Å². The van der Waals surface area contributed by atoms with Crippen LogP contribution in [0.2, 0.25) is 23.3 Å². The quantitative estimate of drug-likeness (QED) is 0.380. The summed E-state index contributed by atoms with van der Waals surface area (Å²) in [5.74, 6) is 4.17. The summed E-state index contributed by atoms with van der Waals surface area (Å²) in [5.41, 5.74) is 0. The molecule has 2 saturated heterocycles. The SMILES string of the molecule is B1C2CCCCCCCC2N2C3CCCCCCCC3BC3CCCCCCC1C32. The first-order valence-corrected chi connectivity index (χ1v) is 14.7. The van der Waals surface area contributed by atoms with Gasteiger partial charge in [0.1, 0.15) is 14.6 Å². The van der Waals surface area contributed by atoms with Gasteiger partial charge in [0.15, 0.2) is 0 Å². The lowest BCUT2D eigenvalue weighted by atomic mass is 9.36. The minimum atomic E-state index is 0.959. The van der Waals surface area contributed by atoms with Crippen molar-refractivity contribution in [3.63, 3.8) is 0 Å². The zero-order valence-electron chi connectivity index (χ0n) is 20.0. The van der Waals surface area contributed by atoms with E-state index in [0.29, 0.717) is 0 Å². The second-order valence-electron chi connectivity index (χ2n) is 12.3. The predicted octanol–water partition coefficient (Wildman–Crippen LogP) is 7.29. The van der Waals surface area contributed by atoms with Gasteiger partial charge in [-0.15, -0.1) is 0 Å². The van der Waals surface area contributed by atoms with Crippen LogP contribution in [0, 0.1) is 0 Å². The normalized spacial score (nSPS) is 44.1. The molecule has 0 aromatic heterocycles. The van der Waals surface area contributed by atoms with Crippen LogP contribution in [0.25, 0.3) is 0 Å². The van der Waals surface area contributed by atoms with Crippen LogP contribution in [0.1, 0.15) is 128 Å². The van der Waals surface area contributed by atoms with Crippen molar-refractivity contribution in [2.45, 2.75) is 170 Å². The fourth-order valence-corrected chi connectivity index (χ4v) is 9.13. The summed E-state index contributed by atoms with van der Waals surface area (Å²) in [4.78, 5) is 3.36. The second kappa shape index (κ2) is 10.8. The second-order valence-corrected chi connectivity index (χ2v) is 12.3. The first-order valence-electron chi connectivity index (χ1n) is 14.7. The molecule has 0 bridgehead atoms. The Morgan fingerprint density at radius 3 is 1.13 bits per heavy atom. The van der Waals surface area contributed by atoms with Crippen LogP contribution in [0.15, 0.2) is 0 Å². The Morgan fingerprint density at radius 2 is 0.700 bits per heavy atom. The molecule has 2 heterocycles. The molecule has 5 rings (SSSR count). The highest BCUT2D eigenvalue weighted by molar-refractivity contribution is 6.44. The van der Waals surface area contributed by atoms with Gasteiger partial charge in [0.2, 0.25) is 0 Å². The summed E-state index contributed by atoms with van der Waals surface area (Å²) in [6, 6.07) is 2.90. The lowest BCUT2D eigenvalue weighted by Crippen LogP contribution is -2.64. The third kappa shape index (κ3) is 4.87. The topological polar surface area (TPSA) is 3.24 Å². The van der Waals surface area contributed by atoms with E-state index in [9.17, 15) is 0 Å². The maximum absolute atomic E-state index is 3.36. The lowest BCUT2D eigenvalue weighted by Gasteiger charge is -2.61. The minimum absolute atomic E-state index is 0.959. The number of rotatable bonds is 0. The summed E-state index contributed by atoms with van der Waals surface area (Å²) in [6.45, 7) is 0. The highest BCUT2D eigenvalue weighted by Gasteiger charge is 2.52. The molecule has 6 atom stereocenters. The Hall–Kier alpha value is 0.0899. The van der Waals surface area contributed by atoms with Crippen molar-refractivity contribution in [3.05, 3.63) is 0 Å². The van der Waals surface area contributed by atoms with Crippen LogP contribution in [0.5, 0.6) is 0 Å². The number of hydrogen-bond acceptors (Lipinski definition) is 1. The van der Waals surface area contributed by atoms with Crippen LogP contribution >= 0.6 is 0 Å². The van der Waals surface area contributed by atoms with Gasteiger partial charge in [-0.05, 0) is 12.8 Å². The summed E-state index contributed by atoms with van der Waals surface area (Å²) >= 11 is 0. The molecular weight excluding hydrogens is 360 g/mol. The monoisotopic (exact) mass is 409 g/mol. The van der Waals surface area contributed by atoms with Gasteiger partial charge >= 0.3 is 0 Å². The van der Waals surface area contributed by atoms with Crippen molar-refractivity contribution in [2.75, 3.05) is 0 Å². The molecule has 2 aliphatic heterocycles. The maximum atomic E-state index is 3.36. The zero-order chi connectivity index (χ0) is 20.2. The molecule has 0 amide bonds. The lowest BCUT2D eigenvalue weighted by molar-refractivity contribution is 0.0208. The van der Waals surface area contributed by atoms with E-state index in [2.05, 4.69) is 4.90 Å². The molecular formula is C27H49B2N. The Kier molecular flexibility index (Phi) is 7.89. The van der Waals surface area contributed by atoms with E-state index in [1.165, 1.54) is 89.9 Å². The number of fused-ring (bicyclic) bond motifs is 4. The first-order chi connectivity index (χ1) is 14.9. The van der Waals surface area contributed by atoms with Crippen LogP contribution in [-0.4, -0.2) is 37.6 Å². The molecule has 3 saturated carbocycles. The van der Waals surface area contributed by atoms with Crippen LogP contribution in [0.3, 0.4) is 0 Å². The molecule has 0 aromatic carbocycles. The average Bonchev–Trinajstić information content (AvgIpc) is 3.00. The predicted molar refractivity (Wildman–Crippen MR) is 135 cm³/mol. The minimum Gasteiger partial charge on any atom is -0.296 e. The van der Waals surface area contributed by atoms with Crippen molar-refractivity contribution in [1.82, 2.24) is 4.90 Å². The fraction of sp³-hybridized carbons (Fsp3) is 1.00. The molecule has 30 heavy (non-hydrogen) atoms. The smallest absolute Gasteiger partial charge is 0.131 e. The van der Waals surface area contributed by atoms with Crippen molar-refractivity contribution in [1.29, 1.82) is 0 Å². The molecule has 5 aliphatic rings. The van der Waals surface area contributed by atoms with Gasteiger partial charge in [0.25, 0.3) is 0 Å². The summed E-state index contributed by atoms with van der Waals surface area (Å²) in [7, 11) is 3.22. The molecule has 6 unspecified atom stereocenters. The van der Waals surface area contributed by atoms with E-state index < -0.39 is 0 Å². The third-order valence-corrected chi connectivity index (χ3v) is 10.4. The van der Waals surface area contributed by atoms with E-state index in [1.807, 2.05) is 0 Å². The standard InChI is InChI=1S/C27H49B2N/c1-3-9-15-21-25(19-13-5-1)30-26-20-14-6-2-4-10-16-22(26)29-24-18-12-8-7-11-17-23(28-21)27(24)30/h21-29H,1-20H2. The largest absolute Gasteiger partial charge is 0.296 e.